The van der Waals surface area contributed by atoms with E-state index in [0.29, 0.717) is 21.0 Å². The molecule has 3 rings (SSSR count). The van der Waals surface area contributed by atoms with Gasteiger partial charge in [0, 0.05) is 29.9 Å². The second kappa shape index (κ2) is 8.01. The largest absolute Gasteiger partial charge is 0.507 e. The summed E-state index contributed by atoms with van der Waals surface area (Å²) in [5.41, 5.74) is 2.24. The highest BCUT2D eigenvalue weighted by atomic mass is 32.1. The van der Waals surface area contributed by atoms with Gasteiger partial charge in [0.05, 0.1) is 18.2 Å². The van der Waals surface area contributed by atoms with E-state index in [9.17, 15) is 9.90 Å². The number of phenols is 1. The minimum absolute atomic E-state index is 0.0135. The molecular weight excluding hydrogens is 362 g/mol. The number of carbonyl (C=O) groups is 1. The van der Waals surface area contributed by atoms with Crippen LogP contribution in [0.15, 0.2) is 58.7 Å². The van der Waals surface area contributed by atoms with E-state index in [4.69, 9.17) is 4.74 Å². The van der Waals surface area contributed by atoms with Crippen LogP contribution in [-0.2, 0) is 0 Å². The first-order valence-electron chi connectivity index (χ1n) is 8.24. The zero-order valence-electron chi connectivity index (χ0n) is 15.2. The van der Waals surface area contributed by atoms with Gasteiger partial charge in [0.1, 0.15) is 11.5 Å². The quantitative estimate of drug-likeness (QED) is 0.416. The first-order valence-corrected chi connectivity index (χ1v) is 9.05. The fourth-order valence-electron chi connectivity index (χ4n) is 2.63. The number of aromatic nitrogens is 1. The maximum Gasteiger partial charge on any atom is 0.216 e. The monoisotopic (exact) mass is 381 g/mol. The van der Waals surface area contributed by atoms with E-state index in [1.54, 1.807) is 12.1 Å². The number of ether oxygens (including phenoxy) is 1. The minimum Gasteiger partial charge on any atom is -0.507 e. The molecule has 3 aromatic rings. The summed E-state index contributed by atoms with van der Waals surface area (Å²) in [7, 11) is 1.53. The molecule has 0 aliphatic heterocycles. The number of rotatable bonds is 5. The number of hydrogen-bond donors (Lipinski definition) is 1. The summed E-state index contributed by atoms with van der Waals surface area (Å²) in [5, 5.41) is 18.4. The van der Waals surface area contributed by atoms with Crippen LogP contribution in [-0.4, -0.2) is 28.8 Å². The molecule has 0 aliphatic carbocycles. The van der Waals surface area contributed by atoms with Crippen molar-refractivity contribution in [3.05, 3.63) is 69.5 Å². The number of thiazole rings is 1. The Bertz CT molecular complexity index is 1070. The van der Waals surface area contributed by atoms with Gasteiger partial charge < -0.3 is 9.84 Å². The molecule has 27 heavy (non-hydrogen) atoms. The highest BCUT2D eigenvalue weighted by Crippen LogP contribution is 2.22. The zero-order valence-corrected chi connectivity index (χ0v) is 16.0. The van der Waals surface area contributed by atoms with Crippen molar-refractivity contribution in [3.63, 3.8) is 0 Å². The first kappa shape index (κ1) is 18.6. The van der Waals surface area contributed by atoms with Crippen molar-refractivity contribution >= 4 is 23.3 Å². The van der Waals surface area contributed by atoms with E-state index >= 15 is 0 Å². The molecule has 0 amide bonds. The van der Waals surface area contributed by atoms with Gasteiger partial charge in [0.15, 0.2) is 5.78 Å². The Labute approximate surface area is 160 Å². The van der Waals surface area contributed by atoms with Crippen LogP contribution in [0.25, 0.3) is 5.69 Å². The van der Waals surface area contributed by atoms with Crippen LogP contribution in [0.2, 0.25) is 0 Å². The summed E-state index contributed by atoms with van der Waals surface area (Å²) in [6, 6.07) is 14.6. The molecule has 1 aromatic heterocycles. The van der Waals surface area contributed by atoms with Gasteiger partial charge in [-0.15, -0.1) is 5.10 Å². The topological polar surface area (TPSA) is 76.2 Å². The molecule has 0 bridgehead atoms. The average Bonchev–Trinajstić information content (AvgIpc) is 3.00. The van der Waals surface area contributed by atoms with Gasteiger partial charge in [-0.05, 0) is 31.2 Å². The average molecular weight is 381 g/mol. The Hall–Kier alpha value is -3.19. The van der Waals surface area contributed by atoms with Crippen molar-refractivity contribution < 1.29 is 14.6 Å². The maximum absolute atomic E-state index is 11.9. The molecule has 0 aliphatic rings. The Balaban J connectivity index is 2.05. The van der Waals surface area contributed by atoms with Crippen molar-refractivity contribution in [2.24, 2.45) is 10.2 Å². The number of para-hydroxylation sites is 1. The molecule has 0 unspecified atom stereocenters. The lowest BCUT2D eigenvalue weighted by Gasteiger charge is -2.05. The summed E-state index contributed by atoms with van der Waals surface area (Å²) in [6.45, 7) is 3.43. The Morgan fingerprint density at radius 2 is 1.96 bits per heavy atom. The van der Waals surface area contributed by atoms with Gasteiger partial charge in [-0.25, -0.2) is 0 Å². The number of carbonyl (C=O) groups excluding carboxylic acids is 1. The summed E-state index contributed by atoms with van der Waals surface area (Å²) in [4.78, 5) is 13.2. The van der Waals surface area contributed by atoms with E-state index < -0.39 is 0 Å². The van der Waals surface area contributed by atoms with Crippen molar-refractivity contribution in [2.45, 2.75) is 13.8 Å². The van der Waals surface area contributed by atoms with Gasteiger partial charge in [0.25, 0.3) is 0 Å². The number of phenolic OH excluding ortho intramolecular Hbond substituents is 1. The van der Waals surface area contributed by atoms with E-state index in [-0.39, 0.29) is 11.5 Å². The molecule has 0 radical (unpaired) electrons. The lowest BCUT2D eigenvalue weighted by molar-refractivity contribution is 0.102. The second-order valence-electron chi connectivity index (χ2n) is 5.80. The summed E-state index contributed by atoms with van der Waals surface area (Å²) >= 11 is 1.28. The third-order valence-electron chi connectivity index (χ3n) is 3.96. The molecule has 6 nitrogen and oxygen atoms in total. The number of methoxy groups -OCH3 is 1. The number of nitrogens with zero attached hydrogens (tertiary/aromatic N) is 3. The fourth-order valence-corrected chi connectivity index (χ4v) is 3.62. The number of ketones is 1. The summed E-state index contributed by atoms with van der Waals surface area (Å²) in [6.07, 6.45) is 1.46. The van der Waals surface area contributed by atoms with Crippen molar-refractivity contribution in [1.82, 2.24) is 4.57 Å². The number of aromatic hydroxyl groups is 1. The van der Waals surface area contributed by atoms with Crippen LogP contribution in [0, 0.1) is 6.92 Å². The third-order valence-corrected chi connectivity index (χ3v) is 5.19. The summed E-state index contributed by atoms with van der Waals surface area (Å²) in [5.74, 6) is 0.597. The van der Waals surface area contributed by atoms with E-state index in [0.717, 1.165) is 11.4 Å². The Morgan fingerprint density at radius 3 is 2.59 bits per heavy atom. The van der Waals surface area contributed by atoms with Gasteiger partial charge in [0.2, 0.25) is 4.80 Å². The smallest absolute Gasteiger partial charge is 0.216 e. The van der Waals surface area contributed by atoms with Gasteiger partial charge in [-0.1, -0.05) is 29.5 Å². The van der Waals surface area contributed by atoms with Crippen molar-refractivity contribution in [3.8, 4) is 17.2 Å². The molecule has 0 fully saturated rings. The zero-order chi connectivity index (χ0) is 19.4. The Kier molecular flexibility index (Phi) is 5.52. The first-order chi connectivity index (χ1) is 13.0. The molecule has 1 heterocycles. The highest BCUT2D eigenvalue weighted by molar-refractivity contribution is 7.11. The fraction of sp³-hybridized carbons (Fsp3) is 0.150. The molecule has 0 atom stereocenters. The van der Waals surface area contributed by atoms with E-state index in [1.165, 1.54) is 37.7 Å². The van der Waals surface area contributed by atoms with Crippen molar-refractivity contribution in [2.75, 3.05) is 7.11 Å². The lowest BCUT2D eigenvalue weighted by atomic mass is 10.2. The van der Waals surface area contributed by atoms with Crippen molar-refractivity contribution in [1.29, 1.82) is 0 Å². The summed E-state index contributed by atoms with van der Waals surface area (Å²) < 4.78 is 6.96. The van der Waals surface area contributed by atoms with Gasteiger partial charge >= 0.3 is 0 Å². The molecule has 0 saturated heterocycles. The molecule has 2 aromatic carbocycles. The molecule has 138 valence electrons. The van der Waals surface area contributed by atoms with Crippen LogP contribution < -0.4 is 9.54 Å². The van der Waals surface area contributed by atoms with Gasteiger partial charge in [-0.3, -0.25) is 9.36 Å². The van der Waals surface area contributed by atoms with E-state index in [1.807, 2.05) is 41.8 Å². The van der Waals surface area contributed by atoms with E-state index in [2.05, 4.69) is 10.2 Å². The number of benzene rings is 2. The minimum atomic E-state index is -0.0135. The molecule has 0 saturated carbocycles. The normalized spacial score (nSPS) is 11.9. The molecule has 7 heteroatoms. The molecule has 1 N–H and O–H groups in total. The van der Waals surface area contributed by atoms with Crippen LogP contribution in [0.4, 0.5) is 0 Å². The van der Waals surface area contributed by atoms with Crippen LogP contribution in [0.1, 0.15) is 27.9 Å². The Morgan fingerprint density at radius 1 is 1.22 bits per heavy atom. The predicted molar refractivity (Wildman–Crippen MR) is 106 cm³/mol. The van der Waals surface area contributed by atoms with Crippen LogP contribution >= 0.6 is 11.3 Å². The number of hydrogen-bond acceptors (Lipinski definition) is 6. The van der Waals surface area contributed by atoms with Crippen LogP contribution in [0.5, 0.6) is 11.5 Å². The molecule has 0 spiro atoms. The lowest BCUT2D eigenvalue weighted by Crippen LogP contribution is -2.13. The third kappa shape index (κ3) is 3.98. The number of Topliss-reactive ketones (excluding diaryl/α,β-unsaturated/α-hetero) is 1. The SMILES string of the molecule is COc1ccc(/C=N/N=c2\sc(C(C)=O)c(C)n2-c2ccccc2)c(O)c1. The van der Waals surface area contributed by atoms with Gasteiger partial charge in [-0.2, -0.15) is 5.10 Å². The van der Waals surface area contributed by atoms with Crippen LogP contribution in [0.3, 0.4) is 0 Å². The maximum atomic E-state index is 11.9. The molecular formula is C20H19N3O3S. The highest BCUT2D eigenvalue weighted by Gasteiger charge is 2.14. The predicted octanol–water partition coefficient (Wildman–Crippen LogP) is 3.70. The standard InChI is InChI=1S/C20H19N3O3S/c1-13-19(14(2)24)27-20(23(13)16-7-5-4-6-8-16)22-21-12-15-9-10-17(26-3)11-18(15)25/h4-12,25H,1-3H3/b21-12+,22-20-. The second-order valence-corrected chi connectivity index (χ2v) is 6.77.